The molecule has 0 saturated heterocycles. The van der Waals surface area contributed by atoms with E-state index in [1.54, 1.807) is 0 Å². The normalized spacial score (nSPS) is 15.4. The predicted octanol–water partition coefficient (Wildman–Crippen LogP) is 19.6. The van der Waals surface area contributed by atoms with E-state index in [0.29, 0.717) is 0 Å². The molecule has 0 fully saturated rings. The molecule has 0 aromatic heterocycles. The molecule has 0 saturated carbocycles. The summed E-state index contributed by atoms with van der Waals surface area (Å²) in [5.41, 5.74) is 35.7. The van der Waals surface area contributed by atoms with Gasteiger partial charge in [0.15, 0.2) is 0 Å². The molecule has 3 heteroatoms. The Morgan fingerprint density at radius 1 is 0.322 bits per heavy atom. The molecule has 0 spiro atoms. The lowest BCUT2D eigenvalue weighted by atomic mass is 9.78. The maximum atomic E-state index is 2.68. The Bertz CT molecular complexity index is 4730. The molecule has 3 nitrogen and oxygen atoms in total. The summed E-state index contributed by atoms with van der Waals surface area (Å²) in [4.78, 5) is 7.68. The number of rotatable bonds is 9. The van der Waals surface area contributed by atoms with Crippen LogP contribution in [0.3, 0.4) is 0 Å². The van der Waals surface area contributed by atoms with Gasteiger partial charge in [-0.25, -0.2) is 0 Å². The zero-order valence-electron chi connectivity index (χ0n) is 54.2. The van der Waals surface area contributed by atoms with Gasteiger partial charge in [-0.15, -0.1) is 0 Å². The van der Waals surface area contributed by atoms with Crippen LogP contribution in [0.4, 0.5) is 45.5 Å². The van der Waals surface area contributed by atoms with Crippen molar-refractivity contribution in [2.24, 2.45) is 0 Å². The molecule has 0 radical (unpaired) electrons. The van der Waals surface area contributed by atoms with Gasteiger partial charge in [0, 0.05) is 55.9 Å². The Hall–Kier alpha value is -8.66. The summed E-state index contributed by atoms with van der Waals surface area (Å²) in [6, 6.07) is 57.4. The Morgan fingerprint density at radius 2 is 0.724 bits per heavy atom. The highest BCUT2D eigenvalue weighted by molar-refractivity contribution is 6.03. The van der Waals surface area contributed by atoms with E-state index >= 15 is 0 Å². The fourth-order valence-electron chi connectivity index (χ4n) is 15.2. The van der Waals surface area contributed by atoms with Gasteiger partial charge in [0.2, 0.25) is 0 Å². The molecule has 0 aliphatic heterocycles. The highest BCUT2D eigenvalue weighted by atomic mass is 15.2. The first-order chi connectivity index (χ1) is 41.6. The van der Waals surface area contributed by atoms with Crippen LogP contribution < -0.4 is 35.6 Å². The number of fused-ring (bicyclic) bond motifs is 13. The Balaban J connectivity index is 1.04. The fourth-order valence-corrected chi connectivity index (χ4v) is 15.2. The summed E-state index contributed by atoms with van der Waals surface area (Å²) >= 11 is 0. The maximum absolute atomic E-state index is 2.68. The molecule has 4 aliphatic rings. The average molecular weight is 1130 g/mol. The van der Waals surface area contributed by atoms with Crippen LogP contribution in [0.1, 0.15) is 136 Å². The second kappa shape index (κ2) is 20.5. The highest BCUT2D eigenvalue weighted by Crippen LogP contribution is 2.57. The minimum absolute atomic E-state index is 0.0594. The Labute approximate surface area is 517 Å². The second-order valence-corrected chi connectivity index (χ2v) is 27.5. The van der Waals surface area contributed by atoms with Crippen LogP contribution in [-0.2, 0) is 10.8 Å². The number of benzene rings is 10. The van der Waals surface area contributed by atoms with Gasteiger partial charge in [-0.05, 0) is 343 Å². The topological polar surface area (TPSA) is 9.72 Å². The van der Waals surface area contributed by atoms with E-state index < -0.39 is 0 Å². The average Bonchev–Trinajstić information content (AvgIpc) is 1.54. The van der Waals surface area contributed by atoms with Crippen molar-refractivity contribution in [2.75, 3.05) is 14.7 Å². The van der Waals surface area contributed by atoms with Gasteiger partial charge < -0.3 is 14.7 Å². The summed E-state index contributed by atoms with van der Waals surface area (Å²) in [7, 11) is 0. The van der Waals surface area contributed by atoms with Crippen molar-refractivity contribution in [3.8, 4) is 22.3 Å². The van der Waals surface area contributed by atoms with Crippen molar-refractivity contribution >= 4 is 80.6 Å². The van der Waals surface area contributed by atoms with Gasteiger partial charge in [0.25, 0.3) is 0 Å². The number of hydrogen-bond acceptors (Lipinski definition) is 3. The van der Waals surface area contributed by atoms with Crippen molar-refractivity contribution in [3.63, 3.8) is 0 Å². The quantitative estimate of drug-likeness (QED) is 0.143. The van der Waals surface area contributed by atoms with Crippen molar-refractivity contribution in [1.82, 2.24) is 0 Å². The van der Waals surface area contributed by atoms with Crippen LogP contribution in [0.2, 0.25) is 0 Å². The Kier molecular flexibility index (Phi) is 13.2. The van der Waals surface area contributed by atoms with E-state index in [1.807, 2.05) is 0 Å². The van der Waals surface area contributed by atoms with E-state index in [0.717, 1.165) is 19.3 Å². The smallest absolute Gasteiger partial charge is 0.0566 e. The van der Waals surface area contributed by atoms with Crippen molar-refractivity contribution in [1.29, 1.82) is 0 Å². The lowest BCUT2D eigenvalue weighted by Gasteiger charge is -2.34. The molecule has 4 aliphatic carbocycles. The van der Waals surface area contributed by atoms with Crippen molar-refractivity contribution in [2.45, 2.75) is 147 Å². The zero-order chi connectivity index (χ0) is 60.9. The third-order valence-electron chi connectivity index (χ3n) is 21.2. The van der Waals surface area contributed by atoms with Crippen LogP contribution in [-0.4, -0.2) is 6.04 Å². The van der Waals surface area contributed by atoms with E-state index in [2.05, 4.69) is 295 Å². The van der Waals surface area contributed by atoms with Crippen molar-refractivity contribution in [3.05, 3.63) is 255 Å². The van der Waals surface area contributed by atoms with E-state index in [9.17, 15) is 0 Å². The lowest BCUT2D eigenvalue weighted by Crippen LogP contribution is -2.40. The van der Waals surface area contributed by atoms with E-state index in [4.69, 9.17) is 0 Å². The fraction of sp³-hybridized carbons (Fsp3) is 0.262. The largest absolute Gasteiger partial charge is 0.334 e. The summed E-state index contributed by atoms with van der Waals surface area (Å²) in [5, 5.41) is 8.03. The standard InChI is InChI=1S/C84H83N3/c1-48-21-27-60(37-54(48)7)85(61-28-22-49(2)55(8)38-61)66-33-35-68-69-36-34-67(86(62-29-23-50(3)56(9)39-62)63-30-24-51(4)57(10)40-63)44-73(69)82-81(72(68)43-66)75-46-76-74(45-77(75)84(82,15)16)80-71-20-18-17-19-70(71)79(47-78(80)83(76,13)14)87(64-31-25-52(5)58(11)41-64)65-32-26-53(6)59(12)42-65/h19-32,34-47,66H,17-18,33H2,1-16H3. The summed E-state index contributed by atoms with van der Waals surface area (Å²) in [5.74, 6) is 0. The number of anilines is 8. The summed E-state index contributed by atoms with van der Waals surface area (Å²) in [6.07, 6.45) is 13.3. The first-order valence-electron chi connectivity index (χ1n) is 31.8. The maximum Gasteiger partial charge on any atom is 0.0566 e. The van der Waals surface area contributed by atoms with Gasteiger partial charge in [-0.3, -0.25) is 0 Å². The highest BCUT2D eigenvalue weighted by Gasteiger charge is 2.44. The van der Waals surface area contributed by atoms with Crippen LogP contribution in [0.15, 0.2) is 146 Å². The van der Waals surface area contributed by atoms with Gasteiger partial charge in [0.1, 0.15) is 0 Å². The minimum atomic E-state index is -0.369. The molecular formula is C84H83N3. The Morgan fingerprint density at radius 3 is 1.21 bits per heavy atom. The molecule has 0 N–H and O–H groups in total. The number of nitrogens with zero attached hydrogens (tertiary/aromatic N) is 3. The molecule has 0 heterocycles. The van der Waals surface area contributed by atoms with Gasteiger partial charge >= 0.3 is 0 Å². The molecule has 1 unspecified atom stereocenters. The van der Waals surface area contributed by atoms with Crippen molar-refractivity contribution < 1.29 is 0 Å². The SMILES string of the molecule is Cc1ccc(N(c2ccc(C)c(C)c2)c2ccc3c4c(c5c(c3c2)C(C)(C)c2cc3c(cc2-5)C(C)(C)c2cc(N(c5ccc(C)c(C)c5)c5ccc(C)c(C)c5)c5c(c2-3)=CCCC=5)=CC(N(c2ccc(C)c(C)c2)c2ccc(C)c(C)c2)CC=4)cc1C. The number of hydrogen-bond donors (Lipinski definition) is 0. The van der Waals surface area contributed by atoms with Crippen LogP contribution in [0.25, 0.3) is 57.3 Å². The lowest BCUT2D eigenvalue weighted by molar-refractivity contribution is 0.654. The predicted molar refractivity (Wildman–Crippen MR) is 374 cm³/mol. The molecule has 14 rings (SSSR count). The molecule has 10 aromatic rings. The third kappa shape index (κ3) is 8.88. The van der Waals surface area contributed by atoms with Gasteiger partial charge in [-0.2, -0.15) is 0 Å². The first kappa shape index (κ1) is 56.2. The van der Waals surface area contributed by atoms with Crippen LogP contribution >= 0.6 is 0 Å². The molecule has 0 amide bonds. The van der Waals surface area contributed by atoms with Gasteiger partial charge in [0.05, 0.1) is 11.7 Å². The molecule has 0 bridgehead atoms. The van der Waals surface area contributed by atoms with E-state index in [-0.39, 0.29) is 16.9 Å². The van der Waals surface area contributed by atoms with Crippen LogP contribution in [0, 0.1) is 83.1 Å². The van der Waals surface area contributed by atoms with E-state index in [1.165, 1.54) is 188 Å². The molecule has 10 aromatic carbocycles. The number of aryl methyl sites for hydroxylation is 12. The molecular weight excluding hydrogens is 1050 g/mol. The summed E-state index contributed by atoms with van der Waals surface area (Å²) in [6.45, 7) is 36.9. The first-order valence-corrected chi connectivity index (χ1v) is 31.8. The minimum Gasteiger partial charge on any atom is -0.334 e. The summed E-state index contributed by atoms with van der Waals surface area (Å²) < 4.78 is 0. The molecule has 87 heavy (non-hydrogen) atoms. The monoisotopic (exact) mass is 1130 g/mol. The molecule has 1 atom stereocenters. The zero-order valence-corrected chi connectivity index (χ0v) is 54.2. The molecule has 434 valence electrons. The third-order valence-corrected chi connectivity index (χ3v) is 21.2. The van der Waals surface area contributed by atoms with Crippen LogP contribution in [0.5, 0.6) is 0 Å². The van der Waals surface area contributed by atoms with Gasteiger partial charge in [-0.1, -0.05) is 94.5 Å². The second-order valence-electron chi connectivity index (χ2n) is 27.5.